The van der Waals surface area contributed by atoms with Crippen molar-refractivity contribution in [2.75, 3.05) is 33.4 Å². The summed E-state index contributed by atoms with van der Waals surface area (Å²) in [5.74, 6) is -0.283. The van der Waals surface area contributed by atoms with E-state index in [0.717, 1.165) is 24.2 Å². The Labute approximate surface area is 210 Å². The molecule has 7 nitrogen and oxygen atoms in total. The van der Waals surface area contributed by atoms with Crippen LogP contribution in [0.4, 0.5) is 0 Å². The normalized spacial score (nSPS) is 18.0. The van der Waals surface area contributed by atoms with Crippen LogP contribution < -0.4 is 10.1 Å². The average Bonchev–Trinajstić information content (AvgIpc) is 3.60. The maximum absolute atomic E-state index is 13.7. The lowest BCUT2D eigenvalue weighted by atomic mass is 9.86. The minimum atomic E-state index is -1.03. The lowest BCUT2D eigenvalue weighted by Crippen LogP contribution is -2.62. The zero-order valence-corrected chi connectivity index (χ0v) is 20.7. The number of halogens is 2. The van der Waals surface area contributed by atoms with Gasteiger partial charge in [0.1, 0.15) is 17.9 Å². The van der Waals surface area contributed by atoms with Crippen LogP contribution in [0.3, 0.4) is 0 Å². The number of carbonyl (C=O) groups excluding carboxylic acids is 1. The number of nitrogens with zero attached hydrogens (tertiary/aromatic N) is 1. The number of hydrogen-bond donors (Lipinski definition) is 2. The fourth-order valence-corrected chi connectivity index (χ4v) is 4.84. The molecular formula is C25H30Cl2N2O5. The zero-order chi connectivity index (χ0) is 23.5. The van der Waals surface area contributed by atoms with E-state index in [1.54, 1.807) is 6.07 Å². The molecule has 2 aromatic rings. The van der Waals surface area contributed by atoms with Crippen LogP contribution in [0.25, 0.3) is 0 Å². The first kappa shape index (κ1) is 26.3. The molecule has 1 saturated heterocycles. The summed E-state index contributed by atoms with van der Waals surface area (Å²) in [5.41, 5.74) is -0.371. The molecule has 1 heterocycles. The van der Waals surface area contributed by atoms with E-state index >= 15 is 0 Å². The molecule has 2 aliphatic rings. The van der Waals surface area contributed by atoms with E-state index in [-0.39, 0.29) is 23.9 Å². The van der Waals surface area contributed by atoms with Crippen molar-refractivity contribution in [1.82, 2.24) is 10.2 Å². The molecule has 0 unspecified atom stereocenters. The highest BCUT2D eigenvalue weighted by molar-refractivity contribution is 6.32. The molecule has 2 aromatic carbocycles. The SMILES string of the molecule is CN(CCOc1ccccc1)C1(C(=O)NC2(c3ccc(C(=O)O)cc3Cl)CC2)CCOCC1.Cl. The lowest BCUT2D eigenvalue weighted by Gasteiger charge is -2.43. The zero-order valence-electron chi connectivity index (χ0n) is 19.1. The number of hydrogen-bond acceptors (Lipinski definition) is 5. The Kier molecular flexibility index (Phi) is 8.47. The van der Waals surface area contributed by atoms with Gasteiger partial charge in [-0.1, -0.05) is 35.9 Å². The van der Waals surface area contributed by atoms with Crippen LogP contribution in [-0.4, -0.2) is 60.8 Å². The van der Waals surface area contributed by atoms with Gasteiger partial charge in [0.15, 0.2) is 0 Å². The van der Waals surface area contributed by atoms with Crippen LogP contribution in [0.2, 0.25) is 5.02 Å². The Morgan fingerprint density at radius 3 is 2.38 bits per heavy atom. The van der Waals surface area contributed by atoms with Crippen molar-refractivity contribution in [3.63, 3.8) is 0 Å². The van der Waals surface area contributed by atoms with Gasteiger partial charge in [-0.3, -0.25) is 9.69 Å². The molecule has 184 valence electrons. The molecule has 9 heteroatoms. The summed E-state index contributed by atoms with van der Waals surface area (Å²) in [7, 11) is 1.95. The number of likely N-dealkylation sites (N-methyl/N-ethyl adjacent to an activating group) is 1. The van der Waals surface area contributed by atoms with Crippen molar-refractivity contribution in [3.8, 4) is 5.75 Å². The summed E-state index contributed by atoms with van der Waals surface area (Å²) >= 11 is 6.43. The Bertz CT molecular complexity index is 1010. The van der Waals surface area contributed by atoms with Gasteiger partial charge >= 0.3 is 5.97 Å². The fraction of sp³-hybridized carbons (Fsp3) is 0.440. The maximum atomic E-state index is 13.7. The number of carboxylic acids is 1. The summed E-state index contributed by atoms with van der Waals surface area (Å²) in [6.07, 6.45) is 2.70. The summed E-state index contributed by atoms with van der Waals surface area (Å²) in [4.78, 5) is 27.0. The van der Waals surface area contributed by atoms with Crippen LogP contribution in [0.15, 0.2) is 48.5 Å². The lowest BCUT2D eigenvalue weighted by molar-refractivity contribution is -0.140. The first-order valence-corrected chi connectivity index (χ1v) is 11.6. The molecule has 1 aliphatic heterocycles. The van der Waals surface area contributed by atoms with E-state index in [2.05, 4.69) is 10.2 Å². The quantitative estimate of drug-likeness (QED) is 0.529. The molecule has 4 rings (SSSR count). The molecule has 34 heavy (non-hydrogen) atoms. The van der Waals surface area contributed by atoms with Gasteiger partial charge in [-0.05, 0) is 62.6 Å². The topological polar surface area (TPSA) is 88.1 Å². The third-order valence-electron chi connectivity index (χ3n) is 6.75. The van der Waals surface area contributed by atoms with Gasteiger partial charge in [-0.25, -0.2) is 4.79 Å². The summed E-state index contributed by atoms with van der Waals surface area (Å²) < 4.78 is 11.4. The number of rotatable bonds is 9. The Hall–Kier alpha value is -2.32. The van der Waals surface area contributed by atoms with E-state index in [9.17, 15) is 14.7 Å². The predicted molar refractivity (Wildman–Crippen MR) is 132 cm³/mol. The van der Waals surface area contributed by atoms with E-state index in [1.807, 2.05) is 37.4 Å². The fourth-order valence-electron chi connectivity index (χ4n) is 4.48. The largest absolute Gasteiger partial charge is 0.492 e. The highest BCUT2D eigenvalue weighted by Gasteiger charge is 2.52. The van der Waals surface area contributed by atoms with Gasteiger partial charge in [0, 0.05) is 24.8 Å². The standard InChI is InChI=1S/C25H29ClN2O5.ClH/c1-28(13-16-33-19-5-3-2-4-6-19)25(11-14-32-15-12-25)23(31)27-24(9-10-24)20-8-7-18(22(29)30)17-21(20)26;/h2-8,17H,9-16H2,1H3,(H,27,31)(H,29,30);1H. The number of aromatic carboxylic acids is 1. The third-order valence-corrected chi connectivity index (χ3v) is 7.06. The molecule has 1 aliphatic carbocycles. The Morgan fingerprint density at radius 2 is 1.79 bits per heavy atom. The molecular weight excluding hydrogens is 479 g/mol. The van der Waals surface area contributed by atoms with Crippen molar-refractivity contribution in [3.05, 3.63) is 64.7 Å². The van der Waals surface area contributed by atoms with Crippen LogP contribution in [0.1, 0.15) is 41.6 Å². The second-order valence-corrected chi connectivity index (χ2v) is 9.17. The van der Waals surface area contributed by atoms with Gasteiger partial charge in [-0.15, -0.1) is 12.4 Å². The molecule has 2 N–H and O–H groups in total. The third kappa shape index (κ3) is 5.49. The van der Waals surface area contributed by atoms with Crippen molar-refractivity contribution >= 4 is 35.9 Å². The van der Waals surface area contributed by atoms with Crippen molar-refractivity contribution in [1.29, 1.82) is 0 Å². The van der Waals surface area contributed by atoms with Crippen LogP contribution in [-0.2, 0) is 15.1 Å². The monoisotopic (exact) mass is 508 g/mol. The van der Waals surface area contributed by atoms with Crippen LogP contribution in [0.5, 0.6) is 5.75 Å². The van der Waals surface area contributed by atoms with Gasteiger partial charge in [0.25, 0.3) is 0 Å². The molecule has 0 aromatic heterocycles. The van der Waals surface area contributed by atoms with E-state index in [1.165, 1.54) is 12.1 Å². The molecule has 1 saturated carbocycles. The molecule has 0 atom stereocenters. The molecule has 0 spiro atoms. The molecule has 2 fully saturated rings. The van der Waals surface area contributed by atoms with Crippen LogP contribution in [0, 0.1) is 0 Å². The Morgan fingerprint density at radius 1 is 1.12 bits per heavy atom. The van der Waals surface area contributed by atoms with E-state index in [4.69, 9.17) is 21.1 Å². The summed E-state index contributed by atoms with van der Waals surface area (Å²) in [6.45, 7) is 2.07. The Balaban J connectivity index is 0.00000324. The maximum Gasteiger partial charge on any atom is 0.335 e. The van der Waals surface area contributed by atoms with Gasteiger partial charge in [0.2, 0.25) is 5.91 Å². The van der Waals surface area contributed by atoms with E-state index < -0.39 is 17.0 Å². The van der Waals surface area contributed by atoms with Gasteiger partial charge < -0.3 is 19.9 Å². The smallest absolute Gasteiger partial charge is 0.335 e. The molecule has 0 radical (unpaired) electrons. The number of para-hydroxylation sites is 1. The van der Waals surface area contributed by atoms with Gasteiger partial charge in [0.05, 0.1) is 11.1 Å². The van der Waals surface area contributed by atoms with Gasteiger partial charge in [-0.2, -0.15) is 0 Å². The van der Waals surface area contributed by atoms with E-state index in [0.29, 0.717) is 44.2 Å². The highest BCUT2D eigenvalue weighted by atomic mass is 35.5. The average molecular weight is 509 g/mol. The number of nitrogens with one attached hydrogen (secondary N) is 1. The minimum Gasteiger partial charge on any atom is -0.492 e. The summed E-state index contributed by atoms with van der Waals surface area (Å²) in [5, 5.41) is 12.8. The van der Waals surface area contributed by atoms with Crippen molar-refractivity contribution in [2.24, 2.45) is 0 Å². The number of ether oxygens (including phenoxy) is 2. The number of benzene rings is 2. The van der Waals surface area contributed by atoms with Crippen molar-refractivity contribution in [2.45, 2.75) is 36.8 Å². The minimum absolute atomic E-state index is 0. The van der Waals surface area contributed by atoms with Crippen LogP contribution >= 0.6 is 24.0 Å². The molecule has 0 bridgehead atoms. The first-order chi connectivity index (χ1) is 15.9. The highest BCUT2D eigenvalue weighted by Crippen LogP contribution is 2.49. The second-order valence-electron chi connectivity index (χ2n) is 8.76. The first-order valence-electron chi connectivity index (χ1n) is 11.2. The number of carboxylic acid groups (broad SMARTS) is 1. The second kappa shape index (κ2) is 11.0. The molecule has 1 amide bonds. The number of carbonyl (C=O) groups is 2. The number of amides is 1. The summed E-state index contributed by atoms with van der Waals surface area (Å²) in [6, 6.07) is 14.3. The predicted octanol–water partition coefficient (Wildman–Crippen LogP) is 4.13. The van der Waals surface area contributed by atoms with Crippen molar-refractivity contribution < 1.29 is 24.2 Å².